The Hall–Kier alpha value is -3.43. The van der Waals surface area contributed by atoms with E-state index in [0.29, 0.717) is 18.6 Å². The molecule has 10 heteroatoms. The van der Waals surface area contributed by atoms with Crippen molar-refractivity contribution < 1.29 is 29.5 Å². The summed E-state index contributed by atoms with van der Waals surface area (Å²) in [7, 11) is 1.51. The predicted octanol–water partition coefficient (Wildman–Crippen LogP) is 3.41. The summed E-state index contributed by atoms with van der Waals surface area (Å²) in [6, 6.07) is 8.36. The third-order valence-corrected chi connectivity index (χ3v) is 5.21. The fourth-order valence-corrected chi connectivity index (χ4v) is 3.64. The van der Waals surface area contributed by atoms with Crippen LogP contribution in [0.3, 0.4) is 0 Å². The molecule has 31 heavy (non-hydrogen) atoms. The van der Waals surface area contributed by atoms with Crippen LogP contribution >= 0.6 is 11.6 Å². The number of nitro groups is 1. The SMILES string of the molecule is COCCCN1C(=O)C(=O)/C(=C(\O)c2cccc([N+](=O)[O-])c2)C1c1ccc(O)c(Cl)c1. The lowest BCUT2D eigenvalue weighted by molar-refractivity contribution is -0.384. The van der Waals surface area contributed by atoms with E-state index in [9.17, 15) is 29.9 Å². The molecule has 1 unspecified atom stereocenters. The zero-order valence-electron chi connectivity index (χ0n) is 16.4. The molecular weight excluding hydrogens is 428 g/mol. The molecule has 0 bridgehead atoms. The summed E-state index contributed by atoms with van der Waals surface area (Å²) in [4.78, 5) is 37.4. The van der Waals surface area contributed by atoms with E-state index in [2.05, 4.69) is 0 Å². The Morgan fingerprint density at radius 3 is 2.65 bits per heavy atom. The van der Waals surface area contributed by atoms with Gasteiger partial charge in [0.05, 0.1) is 21.6 Å². The summed E-state index contributed by atoms with van der Waals surface area (Å²) in [5.41, 5.74) is -0.0716. The summed E-state index contributed by atoms with van der Waals surface area (Å²) in [6.45, 7) is 0.504. The lowest BCUT2D eigenvalue weighted by Gasteiger charge is -2.25. The summed E-state index contributed by atoms with van der Waals surface area (Å²) in [6.07, 6.45) is 0.433. The maximum atomic E-state index is 12.9. The summed E-state index contributed by atoms with van der Waals surface area (Å²) >= 11 is 6.03. The van der Waals surface area contributed by atoms with Crippen molar-refractivity contribution in [2.24, 2.45) is 0 Å². The average molecular weight is 447 g/mol. The third-order valence-electron chi connectivity index (χ3n) is 4.91. The zero-order chi connectivity index (χ0) is 22.7. The van der Waals surface area contributed by atoms with Crippen LogP contribution in [0, 0.1) is 10.1 Å². The van der Waals surface area contributed by atoms with Gasteiger partial charge in [0, 0.05) is 38.0 Å². The quantitative estimate of drug-likeness (QED) is 0.166. The minimum atomic E-state index is -0.991. The molecule has 2 aromatic rings. The van der Waals surface area contributed by atoms with E-state index in [4.69, 9.17) is 16.3 Å². The van der Waals surface area contributed by atoms with Gasteiger partial charge in [-0.3, -0.25) is 19.7 Å². The minimum Gasteiger partial charge on any atom is -0.507 e. The van der Waals surface area contributed by atoms with E-state index in [1.807, 2.05) is 0 Å². The molecule has 0 radical (unpaired) electrons. The number of ether oxygens (including phenoxy) is 1. The average Bonchev–Trinajstić information content (AvgIpc) is 3.00. The predicted molar refractivity (Wildman–Crippen MR) is 112 cm³/mol. The van der Waals surface area contributed by atoms with Crippen molar-refractivity contribution in [3.8, 4) is 5.75 Å². The van der Waals surface area contributed by atoms with E-state index >= 15 is 0 Å². The van der Waals surface area contributed by atoms with Gasteiger partial charge in [-0.25, -0.2) is 0 Å². The van der Waals surface area contributed by atoms with Crippen LogP contribution in [0.2, 0.25) is 5.02 Å². The van der Waals surface area contributed by atoms with Gasteiger partial charge in [-0.1, -0.05) is 29.8 Å². The summed E-state index contributed by atoms with van der Waals surface area (Å²) < 4.78 is 5.02. The Labute approximate surface area is 182 Å². The van der Waals surface area contributed by atoms with Crippen LogP contribution in [-0.4, -0.2) is 52.0 Å². The fraction of sp³-hybridized carbons (Fsp3) is 0.238. The molecule has 1 saturated heterocycles. The molecule has 1 atom stereocenters. The van der Waals surface area contributed by atoms with Crippen LogP contribution in [0.15, 0.2) is 48.0 Å². The molecule has 1 aliphatic rings. The number of hydrogen-bond donors (Lipinski definition) is 2. The van der Waals surface area contributed by atoms with Crippen LogP contribution in [0.1, 0.15) is 23.6 Å². The van der Waals surface area contributed by atoms with Gasteiger partial charge in [0.15, 0.2) is 0 Å². The highest BCUT2D eigenvalue weighted by molar-refractivity contribution is 6.46. The number of likely N-dealkylation sites (tertiary alicyclic amines) is 1. The Morgan fingerprint density at radius 2 is 2.00 bits per heavy atom. The molecule has 2 aromatic carbocycles. The van der Waals surface area contributed by atoms with Crippen molar-refractivity contribution >= 4 is 34.7 Å². The van der Waals surface area contributed by atoms with Crippen molar-refractivity contribution in [3.05, 3.63) is 74.3 Å². The summed E-state index contributed by atoms with van der Waals surface area (Å²) in [5.74, 6) is -2.46. The Kier molecular flexibility index (Phi) is 6.57. The number of aliphatic hydroxyl groups excluding tert-OH is 1. The lowest BCUT2D eigenvalue weighted by atomic mass is 9.95. The molecule has 9 nitrogen and oxygen atoms in total. The van der Waals surface area contributed by atoms with Crippen molar-refractivity contribution in [1.29, 1.82) is 0 Å². The topological polar surface area (TPSA) is 130 Å². The normalized spacial score (nSPS) is 17.9. The van der Waals surface area contributed by atoms with Gasteiger partial charge < -0.3 is 19.8 Å². The number of rotatable bonds is 7. The molecule has 0 aromatic heterocycles. The van der Waals surface area contributed by atoms with Crippen LogP contribution < -0.4 is 0 Å². The first-order chi connectivity index (χ1) is 14.8. The zero-order valence-corrected chi connectivity index (χ0v) is 17.2. The molecule has 1 amide bonds. The Bertz CT molecular complexity index is 1080. The number of carbonyl (C=O) groups is 2. The molecular formula is C21H19ClN2O7. The maximum absolute atomic E-state index is 12.9. The van der Waals surface area contributed by atoms with Crippen LogP contribution in [0.4, 0.5) is 5.69 Å². The standard InChI is InChI=1S/C21H19ClN2O7/c1-31-9-3-8-23-18(12-6-7-16(25)15(22)11-12)17(20(27)21(23)28)19(26)13-4-2-5-14(10-13)24(29)30/h2,4-7,10-11,18,25-26H,3,8-9H2,1H3/b19-17-. The van der Waals surface area contributed by atoms with Gasteiger partial charge in [-0.15, -0.1) is 0 Å². The van der Waals surface area contributed by atoms with E-state index < -0.39 is 28.4 Å². The maximum Gasteiger partial charge on any atom is 0.295 e. The number of Topliss-reactive ketones (excluding diaryl/α,β-unsaturated/α-hetero) is 1. The number of ketones is 1. The second-order valence-electron chi connectivity index (χ2n) is 6.86. The first-order valence-electron chi connectivity index (χ1n) is 9.26. The highest BCUT2D eigenvalue weighted by Gasteiger charge is 2.46. The van der Waals surface area contributed by atoms with E-state index in [0.717, 1.165) is 6.07 Å². The number of nitro benzene ring substituents is 1. The number of nitrogens with zero attached hydrogens (tertiary/aromatic N) is 2. The second-order valence-corrected chi connectivity index (χ2v) is 7.26. The number of halogens is 1. The number of methoxy groups -OCH3 is 1. The number of aromatic hydroxyl groups is 1. The van der Waals surface area contributed by atoms with E-state index in [1.165, 1.54) is 48.4 Å². The fourth-order valence-electron chi connectivity index (χ4n) is 3.45. The van der Waals surface area contributed by atoms with Crippen molar-refractivity contribution in [1.82, 2.24) is 4.90 Å². The number of phenols is 1. The molecule has 1 aliphatic heterocycles. The van der Waals surface area contributed by atoms with Crippen molar-refractivity contribution in [3.63, 3.8) is 0 Å². The van der Waals surface area contributed by atoms with Gasteiger partial charge in [0.1, 0.15) is 11.5 Å². The number of benzene rings is 2. The minimum absolute atomic E-state index is 0.00956. The first kappa shape index (κ1) is 22.3. The van der Waals surface area contributed by atoms with Gasteiger partial charge in [0.25, 0.3) is 17.4 Å². The number of phenolic OH excluding ortho intramolecular Hbond substituents is 1. The smallest absolute Gasteiger partial charge is 0.295 e. The molecule has 1 fully saturated rings. The summed E-state index contributed by atoms with van der Waals surface area (Å²) in [5, 5.41) is 31.8. The van der Waals surface area contributed by atoms with Gasteiger partial charge in [-0.2, -0.15) is 0 Å². The van der Waals surface area contributed by atoms with E-state index in [-0.39, 0.29) is 34.1 Å². The number of hydrogen-bond acceptors (Lipinski definition) is 7. The molecule has 3 rings (SSSR count). The first-order valence-corrected chi connectivity index (χ1v) is 9.64. The van der Waals surface area contributed by atoms with Gasteiger partial charge in [0.2, 0.25) is 0 Å². The molecule has 0 spiro atoms. The number of non-ortho nitro benzene ring substituents is 1. The van der Waals surface area contributed by atoms with E-state index in [1.54, 1.807) is 0 Å². The van der Waals surface area contributed by atoms with Crippen LogP contribution in [-0.2, 0) is 14.3 Å². The second kappa shape index (κ2) is 9.15. The Balaban J connectivity index is 2.17. The van der Waals surface area contributed by atoms with Crippen LogP contribution in [0.25, 0.3) is 5.76 Å². The lowest BCUT2D eigenvalue weighted by Crippen LogP contribution is -2.31. The molecule has 162 valence electrons. The monoisotopic (exact) mass is 446 g/mol. The van der Waals surface area contributed by atoms with Gasteiger partial charge >= 0.3 is 0 Å². The number of carbonyl (C=O) groups excluding carboxylic acids is 2. The van der Waals surface area contributed by atoms with Crippen molar-refractivity contribution in [2.75, 3.05) is 20.3 Å². The largest absolute Gasteiger partial charge is 0.507 e. The van der Waals surface area contributed by atoms with Crippen LogP contribution in [0.5, 0.6) is 5.75 Å². The molecule has 2 N–H and O–H groups in total. The van der Waals surface area contributed by atoms with Crippen molar-refractivity contribution in [2.45, 2.75) is 12.5 Å². The molecule has 1 heterocycles. The highest BCUT2D eigenvalue weighted by Crippen LogP contribution is 2.41. The van der Waals surface area contributed by atoms with Gasteiger partial charge in [-0.05, 0) is 24.1 Å². The molecule has 0 saturated carbocycles. The molecule has 0 aliphatic carbocycles. The highest BCUT2D eigenvalue weighted by atomic mass is 35.5. The number of amides is 1. The number of aliphatic hydroxyl groups is 1. The Morgan fingerprint density at radius 1 is 1.26 bits per heavy atom. The third kappa shape index (κ3) is 4.37.